The third kappa shape index (κ3) is 3.97. The van der Waals surface area contributed by atoms with Crippen molar-refractivity contribution in [3.05, 3.63) is 65.5 Å². The molecule has 2 aliphatic heterocycles. The van der Waals surface area contributed by atoms with Gasteiger partial charge in [-0.15, -0.1) is 0 Å². The quantitative estimate of drug-likeness (QED) is 0.722. The van der Waals surface area contributed by atoms with Crippen molar-refractivity contribution in [1.82, 2.24) is 10.2 Å². The Morgan fingerprint density at radius 1 is 1.06 bits per heavy atom. The first kappa shape index (κ1) is 22.9. The summed E-state index contributed by atoms with van der Waals surface area (Å²) in [7, 11) is 1.66. The highest BCUT2D eigenvalue weighted by Gasteiger charge is 2.50. The van der Waals surface area contributed by atoms with Crippen LogP contribution in [0.4, 0.5) is 4.39 Å². The van der Waals surface area contributed by atoms with Crippen LogP contribution in [0.25, 0.3) is 0 Å². The van der Waals surface area contributed by atoms with Crippen molar-refractivity contribution in [3.8, 4) is 5.75 Å². The van der Waals surface area contributed by atoms with Crippen molar-refractivity contribution >= 4 is 11.8 Å². The van der Waals surface area contributed by atoms with Gasteiger partial charge in [-0.05, 0) is 66.5 Å². The number of carbonyl (C=O) groups excluding carboxylic acids is 2. The molecule has 1 saturated carbocycles. The number of carbonyl (C=O) groups is 2. The summed E-state index contributed by atoms with van der Waals surface area (Å²) < 4.78 is 19.0. The van der Waals surface area contributed by atoms with E-state index in [9.17, 15) is 14.0 Å². The molecular formula is C28H33FN2O3. The topological polar surface area (TPSA) is 58.6 Å². The van der Waals surface area contributed by atoms with E-state index >= 15 is 0 Å². The first-order chi connectivity index (χ1) is 16.5. The molecule has 0 aromatic heterocycles. The summed E-state index contributed by atoms with van der Waals surface area (Å²) in [4.78, 5) is 28.5. The molecule has 0 radical (unpaired) electrons. The van der Waals surface area contributed by atoms with E-state index in [1.165, 1.54) is 12.1 Å². The van der Waals surface area contributed by atoms with Crippen LogP contribution in [0.1, 0.15) is 62.0 Å². The van der Waals surface area contributed by atoms with Gasteiger partial charge in [0.05, 0.1) is 12.5 Å². The number of likely N-dealkylation sites (tertiary alicyclic amines) is 1. The summed E-state index contributed by atoms with van der Waals surface area (Å²) >= 11 is 0. The molecule has 34 heavy (non-hydrogen) atoms. The number of benzene rings is 2. The van der Waals surface area contributed by atoms with E-state index in [-0.39, 0.29) is 29.0 Å². The summed E-state index contributed by atoms with van der Waals surface area (Å²) in [5, 5.41) is 3.01. The van der Waals surface area contributed by atoms with Crippen LogP contribution < -0.4 is 10.1 Å². The summed E-state index contributed by atoms with van der Waals surface area (Å²) in [6.45, 7) is 1.86. The summed E-state index contributed by atoms with van der Waals surface area (Å²) in [6.07, 6.45) is 5.84. The molecule has 1 aliphatic carbocycles. The number of piperidine rings is 2. The number of nitrogens with one attached hydrogen (secondary N) is 1. The third-order valence-electron chi connectivity index (χ3n) is 8.56. The lowest BCUT2D eigenvalue weighted by molar-refractivity contribution is -0.141. The van der Waals surface area contributed by atoms with E-state index in [1.807, 2.05) is 35.2 Å². The normalized spacial score (nSPS) is 23.5. The lowest BCUT2D eigenvalue weighted by Gasteiger charge is -2.50. The molecule has 2 aromatic rings. The molecule has 6 heteroatoms. The molecule has 2 saturated heterocycles. The predicted molar refractivity (Wildman–Crippen MR) is 128 cm³/mol. The minimum Gasteiger partial charge on any atom is -0.497 e. The molecule has 2 amide bonds. The summed E-state index contributed by atoms with van der Waals surface area (Å²) in [5.41, 5.74) is 1.43. The maximum absolute atomic E-state index is 14.0. The van der Waals surface area contributed by atoms with Gasteiger partial charge in [0, 0.05) is 32.0 Å². The van der Waals surface area contributed by atoms with Crippen LogP contribution in [0.15, 0.2) is 48.5 Å². The average Bonchev–Trinajstić information content (AvgIpc) is 3.36. The fraction of sp³-hybridized carbons (Fsp3) is 0.500. The van der Waals surface area contributed by atoms with Gasteiger partial charge in [0.2, 0.25) is 11.8 Å². The van der Waals surface area contributed by atoms with Gasteiger partial charge in [-0.1, -0.05) is 37.1 Å². The molecule has 1 atom stereocenters. The maximum atomic E-state index is 14.0. The molecule has 180 valence electrons. The number of rotatable bonds is 4. The fourth-order valence-electron chi connectivity index (χ4n) is 6.61. The second-order valence-electron chi connectivity index (χ2n) is 10.3. The van der Waals surface area contributed by atoms with E-state index in [0.717, 1.165) is 55.4 Å². The first-order valence-electron chi connectivity index (χ1n) is 12.4. The summed E-state index contributed by atoms with van der Waals surface area (Å²) in [5.74, 6) is 0.942. The van der Waals surface area contributed by atoms with Crippen LogP contribution >= 0.6 is 0 Å². The molecule has 5 nitrogen and oxygen atoms in total. The van der Waals surface area contributed by atoms with E-state index in [4.69, 9.17) is 4.74 Å². The Morgan fingerprint density at radius 2 is 1.76 bits per heavy atom. The van der Waals surface area contributed by atoms with Crippen LogP contribution in [-0.2, 0) is 15.0 Å². The Bertz CT molecular complexity index is 1050. The molecule has 1 N–H and O–H groups in total. The Hall–Kier alpha value is -2.89. The number of nitrogens with zero attached hydrogens (tertiary/aromatic N) is 1. The zero-order valence-corrected chi connectivity index (χ0v) is 19.8. The first-order valence-corrected chi connectivity index (χ1v) is 12.4. The van der Waals surface area contributed by atoms with Gasteiger partial charge in [0.25, 0.3) is 0 Å². The molecular weight excluding hydrogens is 431 g/mol. The summed E-state index contributed by atoms with van der Waals surface area (Å²) in [6, 6.07) is 14.6. The highest BCUT2D eigenvalue weighted by atomic mass is 19.1. The Morgan fingerprint density at radius 3 is 2.44 bits per heavy atom. The minimum atomic E-state index is -0.487. The van der Waals surface area contributed by atoms with Crippen LogP contribution in [0.5, 0.6) is 5.75 Å². The van der Waals surface area contributed by atoms with Crippen molar-refractivity contribution in [2.75, 3.05) is 26.7 Å². The van der Waals surface area contributed by atoms with E-state index < -0.39 is 5.41 Å². The van der Waals surface area contributed by atoms with Crippen LogP contribution in [-0.4, -0.2) is 43.5 Å². The fourth-order valence-corrected chi connectivity index (χ4v) is 6.61. The van der Waals surface area contributed by atoms with Gasteiger partial charge in [0.15, 0.2) is 0 Å². The number of hydrogen-bond acceptors (Lipinski definition) is 3. The second-order valence-corrected chi connectivity index (χ2v) is 10.3. The third-order valence-corrected chi connectivity index (χ3v) is 8.56. The molecule has 1 unspecified atom stereocenters. The van der Waals surface area contributed by atoms with Crippen LogP contribution in [0.2, 0.25) is 0 Å². The number of amides is 2. The average molecular weight is 465 g/mol. The number of halogens is 1. The lowest BCUT2D eigenvalue weighted by Crippen LogP contribution is -2.55. The van der Waals surface area contributed by atoms with Crippen molar-refractivity contribution < 1.29 is 18.7 Å². The van der Waals surface area contributed by atoms with Crippen molar-refractivity contribution in [3.63, 3.8) is 0 Å². The minimum absolute atomic E-state index is 0.0711. The molecule has 5 rings (SSSR count). The van der Waals surface area contributed by atoms with Gasteiger partial charge in [-0.2, -0.15) is 0 Å². The molecule has 3 aliphatic rings. The van der Waals surface area contributed by atoms with Crippen molar-refractivity contribution in [2.45, 2.75) is 56.3 Å². The van der Waals surface area contributed by atoms with Gasteiger partial charge < -0.3 is 15.0 Å². The van der Waals surface area contributed by atoms with Gasteiger partial charge in [-0.25, -0.2) is 4.39 Å². The monoisotopic (exact) mass is 464 g/mol. The molecule has 2 heterocycles. The van der Waals surface area contributed by atoms with Gasteiger partial charge in [0.1, 0.15) is 11.6 Å². The Kier molecular flexibility index (Phi) is 6.09. The lowest BCUT2D eigenvalue weighted by atomic mass is 9.62. The van der Waals surface area contributed by atoms with E-state index in [2.05, 4.69) is 11.4 Å². The van der Waals surface area contributed by atoms with E-state index in [0.29, 0.717) is 26.1 Å². The molecule has 3 fully saturated rings. The van der Waals surface area contributed by atoms with Gasteiger partial charge >= 0.3 is 0 Å². The molecule has 1 spiro atoms. The van der Waals surface area contributed by atoms with Gasteiger partial charge in [-0.3, -0.25) is 9.59 Å². The SMILES string of the molecule is COc1cccc(C2(C(=O)N3CCC4(CC3)CC(=O)NCC4c3ccc(F)cc3)CCCC2)c1. The van der Waals surface area contributed by atoms with Crippen molar-refractivity contribution in [2.24, 2.45) is 5.41 Å². The highest BCUT2D eigenvalue weighted by Crippen LogP contribution is 2.50. The number of methoxy groups -OCH3 is 1. The molecule has 2 aromatic carbocycles. The Labute approximate surface area is 200 Å². The second kappa shape index (κ2) is 9.05. The predicted octanol–water partition coefficient (Wildman–Crippen LogP) is 4.56. The zero-order chi connectivity index (χ0) is 23.8. The molecule has 0 bridgehead atoms. The standard InChI is InChI=1S/C28H33FN2O3/c1-34-23-6-4-5-21(17-23)28(11-2-3-12-28)26(33)31-15-13-27(14-16-31)18-25(32)30-19-24(27)20-7-9-22(29)10-8-20/h4-10,17,24H,2-3,11-16,18-19H2,1H3,(H,30,32). The zero-order valence-electron chi connectivity index (χ0n) is 19.8. The maximum Gasteiger partial charge on any atom is 0.233 e. The van der Waals surface area contributed by atoms with Crippen LogP contribution in [0, 0.1) is 11.2 Å². The van der Waals surface area contributed by atoms with Crippen LogP contribution in [0.3, 0.4) is 0 Å². The number of hydrogen-bond donors (Lipinski definition) is 1. The Balaban J connectivity index is 1.38. The van der Waals surface area contributed by atoms with Crippen molar-refractivity contribution in [1.29, 1.82) is 0 Å². The smallest absolute Gasteiger partial charge is 0.233 e. The number of ether oxygens (including phenoxy) is 1. The highest BCUT2D eigenvalue weighted by molar-refractivity contribution is 5.89. The largest absolute Gasteiger partial charge is 0.497 e. The van der Waals surface area contributed by atoms with E-state index in [1.54, 1.807) is 7.11 Å².